The van der Waals surface area contributed by atoms with Crippen molar-refractivity contribution in [1.29, 1.82) is 0 Å². The smallest absolute Gasteiger partial charge is 0.300 e. The molecule has 0 aliphatic carbocycles. The van der Waals surface area contributed by atoms with Crippen molar-refractivity contribution < 1.29 is 12.3 Å². The Labute approximate surface area is 101 Å². The first-order valence-corrected chi connectivity index (χ1v) is 7.25. The topological polar surface area (TPSA) is 64.8 Å². The Morgan fingerprint density at radius 3 is 2.41 bits per heavy atom. The quantitative estimate of drug-likeness (QED) is 0.558. The molecule has 0 unspecified atom stereocenters. The van der Waals surface area contributed by atoms with E-state index in [9.17, 15) is 12.3 Å². The molecule has 7 heteroatoms. The number of unbranched alkanes of at least 4 members (excludes halogenated alkanes) is 2. The standard InChI is InChI=1S/C10H18FN3O2S/c1-3-5-6-7-9-12-13-10(17(11,15)16)14(9)8-4-2/h3-8H2,1-2H3. The number of halogens is 1. The fraction of sp³-hybridized carbons (Fsp3) is 0.800. The molecule has 17 heavy (non-hydrogen) atoms. The second kappa shape index (κ2) is 6.09. The van der Waals surface area contributed by atoms with Crippen molar-refractivity contribution in [3.8, 4) is 0 Å². The van der Waals surface area contributed by atoms with Crippen LogP contribution in [-0.2, 0) is 23.2 Å². The number of hydrogen-bond donors (Lipinski definition) is 0. The highest BCUT2D eigenvalue weighted by atomic mass is 32.3. The van der Waals surface area contributed by atoms with E-state index in [4.69, 9.17) is 0 Å². The minimum atomic E-state index is -4.78. The Bertz CT molecular complexity index is 456. The normalized spacial score (nSPS) is 11.9. The summed E-state index contributed by atoms with van der Waals surface area (Å²) in [5.74, 6) is 0.552. The van der Waals surface area contributed by atoms with Crippen LogP contribution in [0, 0.1) is 0 Å². The molecule has 0 aliphatic rings. The summed E-state index contributed by atoms with van der Waals surface area (Å²) >= 11 is 0. The predicted octanol–water partition coefficient (Wildman–Crippen LogP) is 2.08. The summed E-state index contributed by atoms with van der Waals surface area (Å²) < 4.78 is 36.1. The highest BCUT2D eigenvalue weighted by Gasteiger charge is 2.23. The molecule has 0 amide bonds. The van der Waals surface area contributed by atoms with Gasteiger partial charge in [0.05, 0.1) is 0 Å². The van der Waals surface area contributed by atoms with Crippen molar-refractivity contribution in [2.24, 2.45) is 0 Å². The number of aryl methyl sites for hydroxylation is 1. The van der Waals surface area contributed by atoms with E-state index in [1.54, 1.807) is 0 Å². The molecule has 0 bridgehead atoms. The molecule has 0 aromatic carbocycles. The average molecular weight is 263 g/mol. The third-order valence-corrected chi connectivity index (χ3v) is 3.20. The summed E-state index contributed by atoms with van der Waals surface area (Å²) in [4.78, 5) is 0. The third-order valence-electron chi connectivity index (χ3n) is 2.46. The maximum Gasteiger partial charge on any atom is 0.368 e. The van der Waals surface area contributed by atoms with Gasteiger partial charge in [-0.3, -0.25) is 4.57 Å². The van der Waals surface area contributed by atoms with Gasteiger partial charge in [0, 0.05) is 13.0 Å². The fourth-order valence-corrected chi connectivity index (χ4v) is 2.26. The number of nitrogens with zero attached hydrogens (tertiary/aromatic N) is 3. The summed E-state index contributed by atoms with van der Waals surface area (Å²) in [6.45, 7) is 4.39. The molecule has 0 fully saturated rings. The van der Waals surface area contributed by atoms with Gasteiger partial charge in [0.2, 0.25) is 0 Å². The molecule has 98 valence electrons. The van der Waals surface area contributed by atoms with Crippen LogP contribution in [0.2, 0.25) is 0 Å². The van der Waals surface area contributed by atoms with Gasteiger partial charge in [0.1, 0.15) is 5.82 Å². The van der Waals surface area contributed by atoms with Crippen LogP contribution in [0.25, 0.3) is 0 Å². The minimum Gasteiger partial charge on any atom is -0.300 e. The Morgan fingerprint density at radius 1 is 1.18 bits per heavy atom. The number of aromatic nitrogens is 3. The second-order valence-electron chi connectivity index (χ2n) is 3.95. The summed E-state index contributed by atoms with van der Waals surface area (Å²) in [6, 6.07) is 0. The molecule has 1 aromatic rings. The van der Waals surface area contributed by atoms with Gasteiger partial charge in [-0.15, -0.1) is 10.2 Å². The molecule has 1 aromatic heterocycles. The maximum atomic E-state index is 13.0. The van der Waals surface area contributed by atoms with Crippen molar-refractivity contribution >= 4 is 10.2 Å². The van der Waals surface area contributed by atoms with E-state index in [0.717, 1.165) is 19.3 Å². The summed E-state index contributed by atoms with van der Waals surface area (Å²) in [6.07, 6.45) is 4.36. The van der Waals surface area contributed by atoms with Gasteiger partial charge in [0.25, 0.3) is 5.16 Å². The predicted molar refractivity (Wildman–Crippen MR) is 61.8 cm³/mol. The Balaban J connectivity index is 2.94. The number of hydrogen-bond acceptors (Lipinski definition) is 4. The summed E-state index contributed by atoms with van der Waals surface area (Å²) in [5.41, 5.74) is 0. The lowest BCUT2D eigenvalue weighted by Crippen LogP contribution is -2.10. The van der Waals surface area contributed by atoms with Gasteiger partial charge in [-0.2, -0.15) is 8.42 Å². The van der Waals surface area contributed by atoms with Gasteiger partial charge in [-0.1, -0.05) is 30.6 Å². The second-order valence-corrected chi connectivity index (χ2v) is 5.19. The molecular formula is C10H18FN3O2S. The fourth-order valence-electron chi connectivity index (χ4n) is 1.67. The van der Waals surface area contributed by atoms with Crippen molar-refractivity contribution in [1.82, 2.24) is 14.8 Å². The van der Waals surface area contributed by atoms with E-state index in [-0.39, 0.29) is 0 Å². The third kappa shape index (κ3) is 3.76. The largest absolute Gasteiger partial charge is 0.368 e. The van der Waals surface area contributed by atoms with Crippen LogP contribution >= 0.6 is 0 Å². The van der Waals surface area contributed by atoms with Crippen LogP contribution in [0.1, 0.15) is 45.4 Å². The van der Waals surface area contributed by atoms with Gasteiger partial charge in [-0.05, 0) is 12.8 Å². The van der Waals surface area contributed by atoms with Gasteiger partial charge < -0.3 is 0 Å². The zero-order chi connectivity index (χ0) is 12.9. The van der Waals surface area contributed by atoms with Crippen LogP contribution in [0.15, 0.2) is 5.16 Å². The Morgan fingerprint density at radius 2 is 1.88 bits per heavy atom. The van der Waals surface area contributed by atoms with Crippen molar-refractivity contribution in [2.45, 2.75) is 57.7 Å². The van der Waals surface area contributed by atoms with Crippen LogP contribution in [-0.4, -0.2) is 23.2 Å². The molecule has 0 saturated heterocycles. The van der Waals surface area contributed by atoms with Crippen LogP contribution in [0.4, 0.5) is 3.89 Å². The highest BCUT2D eigenvalue weighted by Crippen LogP contribution is 2.14. The summed E-state index contributed by atoms with van der Waals surface area (Å²) in [7, 11) is -4.78. The van der Waals surface area contributed by atoms with E-state index in [0.29, 0.717) is 25.2 Å². The molecule has 0 aliphatic heterocycles. The molecule has 0 saturated carbocycles. The van der Waals surface area contributed by atoms with E-state index in [1.165, 1.54) is 4.57 Å². The minimum absolute atomic E-state index is 0.424. The average Bonchev–Trinajstić information content (AvgIpc) is 2.62. The van der Waals surface area contributed by atoms with Crippen LogP contribution < -0.4 is 0 Å². The Hall–Kier alpha value is -0.980. The maximum absolute atomic E-state index is 13.0. The molecular weight excluding hydrogens is 245 g/mol. The number of rotatable bonds is 7. The lowest BCUT2D eigenvalue weighted by molar-refractivity contribution is 0.511. The van der Waals surface area contributed by atoms with Crippen LogP contribution in [0.3, 0.4) is 0 Å². The molecule has 1 rings (SSSR count). The Kier molecular flexibility index (Phi) is 5.04. The molecule has 1 heterocycles. The molecule has 0 spiro atoms. The SMILES string of the molecule is CCCCCc1nnc(S(=O)(=O)F)n1CCC. The lowest BCUT2D eigenvalue weighted by Gasteiger charge is -2.06. The molecule has 5 nitrogen and oxygen atoms in total. The lowest BCUT2D eigenvalue weighted by atomic mass is 10.2. The zero-order valence-corrected chi connectivity index (χ0v) is 11.0. The zero-order valence-electron chi connectivity index (χ0n) is 10.2. The highest BCUT2D eigenvalue weighted by molar-refractivity contribution is 7.86. The first-order chi connectivity index (χ1) is 8.00. The monoisotopic (exact) mass is 263 g/mol. The first-order valence-electron chi connectivity index (χ1n) is 5.87. The first kappa shape index (κ1) is 14.1. The molecule has 0 atom stereocenters. The molecule has 0 N–H and O–H groups in total. The van der Waals surface area contributed by atoms with E-state index < -0.39 is 15.4 Å². The van der Waals surface area contributed by atoms with E-state index in [1.807, 2.05) is 6.92 Å². The van der Waals surface area contributed by atoms with E-state index >= 15 is 0 Å². The van der Waals surface area contributed by atoms with Crippen molar-refractivity contribution in [3.63, 3.8) is 0 Å². The van der Waals surface area contributed by atoms with E-state index in [2.05, 4.69) is 17.1 Å². The van der Waals surface area contributed by atoms with Crippen molar-refractivity contribution in [3.05, 3.63) is 5.82 Å². The van der Waals surface area contributed by atoms with Gasteiger partial charge in [0.15, 0.2) is 0 Å². The summed E-state index contributed by atoms with van der Waals surface area (Å²) in [5, 5.41) is 6.64. The van der Waals surface area contributed by atoms with Gasteiger partial charge in [-0.25, -0.2) is 0 Å². The van der Waals surface area contributed by atoms with Gasteiger partial charge >= 0.3 is 10.2 Å². The van der Waals surface area contributed by atoms with Crippen LogP contribution in [0.5, 0.6) is 0 Å². The molecule has 0 radical (unpaired) electrons. The van der Waals surface area contributed by atoms with Crippen molar-refractivity contribution in [2.75, 3.05) is 0 Å².